The van der Waals surface area contributed by atoms with Crippen molar-refractivity contribution in [2.75, 3.05) is 12.5 Å². The molecule has 30 heavy (non-hydrogen) atoms. The number of aromatic nitrogens is 1. The number of pyridine rings is 1. The monoisotopic (exact) mass is 420 g/mol. The first kappa shape index (κ1) is 21.3. The Morgan fingerprint density at radius 2 is 1.90 bits per heavy atom. The van der Waals surface area contributed by atoms with Crippen LogP contribution in [0.3, 0.4) is 0 Å². The largest absolute Gasteiger partial charge is 0.488 e. The summed E-state index contributed by atoms with van der Waals surface area (Å²) in [6.07, 6.45) is 1.63. The molecular formula is C23H21ClN4O2. The number of nitriles is 1. The summed E-state index contributed by atoms with van der Waals surface area (Å²) in [4.78, 5) is 4.38. The van der Waals surface area contributed by atoms with Gasteiger partial charge in [-0.15, -0.1) is 0 Å². The molecule has 3 rings (SSSR count). The van der Waals surface area contributed by atoms with Crippen LogP contribution in [0.1, 0.15) is 27.9 Å². The molecule has 6 nitrogen and oxygen atoms in total. The van der Waals surface area contributed by atoms with Gasteiger partial charge in [-0.05, 0) is 31.2 Å². The summed E-state index contributed by atoms with van der Waals surface area (Å²) in [5.74, 6) is 1.05. The van der Waals surface area contributed by atoms with Crippen molar-refractivity contribution >= 4 is 23.6 Å². The summed E-state index contributed by atoms with van der Waals surface area (Å²) in [6, 6.07) is 19.1. The van der Waals surface area contributed by atoms with E-state index in [0.29, 0.717) is 35.4 Å². The molecule has 0 unspecified atom stereocenters. The lowest BCUT2D eigenvalue weighted by Crippen LogP contribution is -2.04. The fraction of sp³-hybridized carbons (Fsp3) is 0.174. The maximum Gasteiger partial charge on any atom is 0.164 e. The smallest absolute Gasteiger partial charge is 0.164 e. The summed E-state index contributed by atoms with van der Waals surface area (Å²) < 4.78 is 11.1. The van der Waals surface area contributed by atoms with Crippen molar-refractivity contribution in [3.8, 4) is 11.8 Å². The molecule has 152 valence electrons. The molecule has 0 radical (unpaired) electrons. The highest BCUT2D eigenvalue weighted by Crippen LogP contribution is 2.22. The van der Waals surface area contributed by atoms with Gasteiger partial charge in [-0.2, -0.15) is 10.4 Å². The van der Waals surface area contributed by atoms with Crippen molar-refractivity contribution in [2.24, 2.45) is 5.10 Å². The fourth-order valence-electron chi connectivity index (χ4n) is 2.87. The van der Waals surface area contributed by atoms with Crippen molar-refractivity contribution in [1.82, 2.24) is 4.98 Å². The van der Waals surface area contributed by atoms with Crippen molar-refractivity contribution in [1.29, 1.82) is 5.26 Å². The molecule has 0 aliphatic rings. The van der Waals surface area contributed by atoms with Crippen LogP contribution in [0.2, 0.25) is 5.02 Å². The fourth-order valence-corrected chi connectivity index (χ4v) is 3.06. The lowest BCUT2D eigenvalue weighted by Gasteiger charge is -2.11. The Balaban J connectivity index is 1.76. The van der Waals surface area contributed by atoms with E-state index in [9.17, 15) is 5.26 Å². The quantitative estimate of drug-likeness (QED) is 0.405. The molecular weight excluding hydrogens is 400 g/mol. The number of rotatable bonds is 8. The van der Waals surface area contributed by atoms with Crippen LogP contribution in [-0.2, 0) is 18.0 Å². The van der Waals surface area contributed by atoms with Crippen LogP contribution in [0.4, 0.5) is 5.82 Å². The molecule has 0 aliphatic carbocycles. The summed E-state index contributed by atoms with van der Waals surface area (Å²) in [7, 11) is 1.59. The zero-order valence-corrected chi connectivity index (χ0v) is 17.5. The zero-order valence-electron chi connectivity index (χ0n) is 16.7. The van der Waals surface area contributed by atoms with E-state index in [0.717, 1.165) is 22.4 Å². The van der Waals surface area contributed by atoms with Crippen LogP contribution < -0.4 is 10.2 Å². The molecule has 1 aromatic heterocycles. The number of halogens is 1. The van der Waals surface area contributed by atoms with Crippen LogP contribution in [0.5, 0.6) is 5.75 Å². The Morgan fingerprint density at radius 3 is 2.67 bits per heavy atom. The number of hydrogen-bond donors (Lipinski definition) is 1. The van der Waals surface area contributed by atoms with Gasteiger partial charge >= 0.3 is 0 Å². The van der Waals surface area contributed by atoms with Gasteiger partial charge in [0.25, 0.3) is 0 Å². The predicted octanol–water partition coefficient (Wildman–Crippen LogP) is 5.09. The number of hydrogen-bond acceptors (Lipinski definition) is 6. The third-order valence-corrected chi connectivity index (χ3v) is 4.64. The van der Waals surface area contributed by atoms with Gasteiger partial charge in [-0.3, -0.25) is 5.43 Å². The molecule has 0 spiro atoms. The molecule has 3 aromatic rings. The van der Waals surface area contributed by atoms with Gasteiger partial charge in [0, 0.05) is 34.5 Å². The van der Waals surface area contributed by atoms with E-state index in [1.807, 2.05) is 61.5 Å². The Morgan fingerprint density at radius 1 is 1.13 bits per heavy atom. The minimum Gasteiger partial charge on any atom is -0.488 e. The highest BCUT2D eigenvalue weighted by atomic mass is 35.5. The molecule has 1 heterocycles. The number of ether oxygens (including phenoxy) is 2. The summed E-state index contributed by atoms with van der Waals surface area (Å²) in [5, 5.41) is 14.4. The number of hydrazone groups is 1. The topological polar surface area (TPSA) is 79.5 Å². The second-order valence-electron chi connectivity index (χ2n) is 6.48. The van der Waals surface area contributed by atoms with Crippen molar-refractivity contribution in [2.45, 2.75) is 20.1 Å². The standard InChI is InChI=1S/C23H21ClN4O2/c1-16-11-19(14-29-2)20(12-25)23(27-16)28-26-13-17-7-4-6-10-22(17)30-15-18-8-3-5-9-21(18)24/h3-11,13H,14-15H2,1-2H3,(H,27,28)/b26-13-. The van der Waals surface area contributed by atoms with Gasteiger partial charge in [0.2, 0.25) is 0 Å². The summed E-state index contributed by atoms with van der Waals surface area (Å²) in [6.45, 7) is 2.52. The maximum absolute atomic E-state index is 9.51. The minimum atomic E-state index is 0.323. The minimum absolute atomic E-state index is 0.323. The van der Waals surface area contributed by atoms with E-state index >= 15 is 0 Å². The number of aryl methyl sites for hydroxylation is 1. The maximum atomic E-state index is 9.51. The Bertz CT molecular complexity index is 1090. The molecule has 2 aromatic carbocycles. The van der Waals surface area contributed by atoms with Crippen molar-refractivity contribution in [3.63, 3.8) is 0 Å². The van der Waals surface area contributed by atoms with Crippen LogP contribution in [0.15, 0.2) is 59.7 Å². The van der Waals surface area contributed by atoms with Gasteiger partial charge in [-0.25, -0.2) is 4.98 Å². The SMILES string of the molecule is COCc1cc(C)nc(N/N=C\c2ccccc2OCc2ccccc2Cl)c1C#N. The predicted molar refractivity (Wildman–Crippen MR) is 118 cm³/mol. The van der Waals surface area contributed by atoms with Crippen LogP contribution in [-0.4, -0.2) is 18.3 Å². The first-order valence-corrected chi connectivity index (χ1v) is 9.64. The number of anilines is 1. The molecule has 7 heteroatoms. The first-order valence-electron chi connectivity index (χ1n) is 9.26. The van der Waals surface area contributed by atoms with Gasteiger partial charge in [0.15, 0.2) is 5.82 Å². The molecule has 0 saturated carbocycles. The average molecular weight is 421 g/mol. The van der Waals surface area contributed by atoms with E-state index in [2.05, 4.69) is 21.6 Å². The summed E-state index contributed by atoms with van der Waals surface area (Å²) >= 11 is 6.20. The summed E-state index contributed by atoms with van der Waals surface area (Å²) in [5.41, 5.74) is 6.47. The Hall–Kier alpha value is -3.40. The molecule has 0 saturated heterocycles. The normalized spacial score (nSPS) is 10.7. The van der Waals surface area contributed by atoms with E-state index < -0.39 is 0 Å². The van der Waals surface area contributed by atoms with Gasteiger partial charge in [-0.1, -0.05) is 41.9 Å². The highest BCUT2D eigenvalue weighted by molar-refractivity contribution is 6.31. The molecule has 1 N–H and O–H groups in total. The third-order valence-electron chi connectivity index (χ3n) is 4.27. The second kappa shape index (κ2) is 10.4. The van der Waals surface area contributed by atoms with E-state index in [1.54, 1.807) is 13.3 Å². The lowest BCUT2D eigenvalue weighted by atomic mass is 10.1. The molecule has 0 fully saturated rings. The number of para-hydroxylation sites is 1. The van der Waals surface area contributed by atoms with E-state index in [1.165, 1.54) is 0 Å². The third kappa shape index (κ3) is 5.35. The zero-order chi connectivity index (χ0) is 21.3. The number of methoxy groups -OCH3 is 1. The lowest BCUT2D eigenvalue weighted by molar-refractivity contribution is 0.184. The molecule has 0 atom stereocenters. The van der Waals surface area contributed by atoms with Gasteiger partial charge < -0.3 is 9.47 Å². The highest BCUT2D eigenvalue weighted by Gasteiger charge is 2.11. The van der Waals surface area contributed by atoms with Crippen molar-refractivity contribution in [3.05, 3.63) is 87.6 Å². The first-order chi connectivity index (χ1) is 14.6. The van der Waals surface area contributed by atoms with Crippen LogP contribution in [0.25, 0.3) is 0 Å². The molecule has 0 aliphatic heterocycles. The Kier molecular flexibility index (Phi) is 7.39. The van der Waals surface area contributed by atoms with Gasteiger partial charge in [0.05, 0.1) is 12.8 Å². The van der Waals surface area contributed by atoms with Crippen LogP contribution >= 0.6 is 11.6 Å². The molecule has 0 bridgehead atoms. The number of nitrogens with zero attached hydrogens (tertiary/aromatic N) is 3. The number of nitrogens with one attached hydrogen (secondary N) is 1. The molecule has 0 amide bonds. The second-order valence-corrected chi connectivity index (χ2v) is 6.89. The van der Waals surface area contributed by atoms with Crippen LogP contribution in [0, 0.1) is 18.3 Å². The van der Waals surface area contributed by atoms with E-state index in [4.69, 9.17) is 21.1 Å². The average Bonchev–Trinajstić information content (AvgIpc) is 2.74. The number of benzene rings is 2. The Labute approximate surface area is 180 Å². The van der Waals surface area contributed by atoms with Gasteiger partial charge in [0.1, 0.15) is 24.0 Å². The van der Waals surface area contributed by atoms with Crippen molar-refractivity contribution < 1.29 is 9.47 Å². The van der Waals surface area contributed by atoms with E-state index in [-0.39, 0.29) is 0 Å².